The third kappa shape index (κ3) is 3.07. The van der Waals surface area contributed by atoms with E-state index in [0.717, 1.165) is 5.56 Å². The molecule has 1 saturated carbocycles. The number of rotatable bonds is 5. The van der Waals surface area contributed by atoms with Crippen LogP contribution in [0.15, 0.2) is 41.0 Å². The first-order valence-corrected chi connectivity index (χ1v) is 7.01. The molecule has 104 valence electrons. The Hall–Kier alpha value is -2.10. The number of oxazole rings is 1. The van der Waals surface area contributed by atoms with E-state index in [1.165, 1.54) is 12.8 Å². The van der Waals surface area contributed by atoms with Crippen LogP contribution in [0.2, 0.25) is 0 Å². The minimum absolute atomic E-state index is 0.0114. The number of carbonyl (C=O) groups excluding carboxylic acids is 1. The van der Waals surface area contributed by atoms with Crippen molar-refractivity contribution in [2.75, 3.05) is 0 Å². The van der Waals surface area contributed by atoms with Gasteiger partial charge in [-0.3, -0.25) is 4.79 Å². The summed E-state index contributed by atoms with van der Waals surface area (Å²) in [4.78, 5) is 16.3. The summed E-state index contributed by atoms with van der Waals surface area (Å²) in [7, 11) is 0. The van der Waals surface area contributed by atoms with E-state index in [0.29, 0.717) is 17.5 Å². The minimum atomic E-state index is 0.0114. The van der Waals surface area contributed by atoms with Gasteiger partial charge in [0.2, 0.25) is 11.8 Å². The molecule has 1 N–H and O–H groups in total. The van der Waals surface area contributed by atoms with Crippen LogP contribution in [0.25, 0.3) is 11.5 Å². The summed E-state index contributed by atoms with van der Waals surface area (Å²) in [5.74, 6) is 1.23. The highest BCUT2D eigenvalue weighted by atomic mass is 16.3. The molecule has 2 aromatic rings. The quantitative estimate of drug-likeness (QED) is 0.909. The first-order valence-electron chi connectivity index (χ1n) is 7.01. The highest BCUT2D eigenvalue weighted by molar-refractivity contribution is 5.78. The van der Waals surface area contributed by atoms with Gasteiger partial charge in [-0.15, -0.1) is 0 Å². The molecule has 3 rings (SSSR count). The first-order chi connectivity index (χ1) is 9.72. The topological polar surface area (TPSA) is 55.1 Å². The van der Waals surface area contributed by atoms with Crippen molar-refractivity contribution in [3.05, 3.63) is 42.3 Å². The van der Waals surface area contributed by atoms with Gasteiger partial charge in [0.1, 0.15) is 6.26 Å². The second kappa shape index (κ2) is 5.49. The van der Waals surface area contributed by atoms with E-state index >= 15 is 0 Å². The number of hydrogen-bond acceptors (Lipinski definition) is 3. The van der Waals surface area contributed by atoms with Crippen molar-refractivity contribution < 1.29 is 9.21 Å². The van der Waals surface area contributed by atoms with Gasteiger partial charge in [0.05, 0.1) is 12.1 Å². The Balaban J connectivity index is 1.61. The number of nitrogens with zero attached hydrogens (tertiary/aromatic N) is 1. The molecule has 0 saturated heterocycles. The van der Waals surface area contributed by atoms with E-state index in [-0.39, 0.29) is 18.4 Å². The second-order valence-corrected chi connectivity index (χ2v) is 5.38. The van der Waals surface area contributed by atoms with Crippen LogP contribution in [0.1, 0.15) is 25.5 Å². The standard InChI is InChI=1S/C16H18N2O2/c1-11(12-7-8-12)17-15(19)9-14-10-20-16(18-14)13-5-3-2-4-6-13/h2-6,10-12H,7-9H2,1H3,(H,17,19). The Bertz CT molecular complexity index is 588. The Morgan fingerprint density at radius 3 is 2.85 bits per heavy atom. The lowest BCUT2D eigenvalue weighted by atomic mass is 10.2. The number of carbonyl (C=O) groups is 1. The van der Waals surface area contributed by atoms with E-state index in [9.17, 15) is 4.79 Å². The molecule has 1 aliphatic carbocycles. The Labute approximate surface area is 118 Å². The molecule has 0 aliphatic heterocycles. The van der Waals surface area contributed by atoms with Gasteiger partial charge in [0, 0.05) is 11.6 Å². The summed E-state index contributed by atoms with van der Waals surface area (Å²) in [6.45, 7) is 2.06. The van der Waals surface area contributed by atoms with Gasteiger partial charge >= 0.3 is 0 Å². The molecular weight excluding hydrogens is 252 g/mol. The van der Waals surface area contributed by atoms with Crippen LogP contribution in [-0.2, 0) is 11.2 Å². The lowest BCUT2D eigenvalue weighted by Crippen LogP contribution is -2.35. The number of amides is 1. The van der Waals surface area contributed by atoms with E-state index in [1.807, 2.05) is 30.3 Å². The van der Waals surface area contributed by atoms with Crippen LogP contribution in [0, 0.1) is 5.92 Å². The molecule has 0 spiro atoms. The maximum Gasteiger partial charge on any atom is 0.226 e. The molecule has 1 amide bonds. The summed E-state index contributed by atoms with van der Waals surface area (Å²) < 4.78 is 5.43. The van der Waals surface area contributed by atoms with E-state index in [1.54, 1.807) is 6.26 Å². The number of hydrogen-bond donors (Lipinski definition) is 1. The lowest BCUT2D eigenvalue weighted by molar-refractivity contribution is -0.121. The van der Waals surface area contributed by atoms with Crippen LogP contribution in [0.5, 0.6) is 0 Å². The largest absolute Gasteiger partial charge is 0.444 e. The molecular formula is C16H18N2O2. The average Bonchev–Trinajstić information content (AvgIpc) is 3.21. The Morgan fingerprint density at radius 1 is 1.40 bits per heavy atom. The van der Waals surface area contributed by atoms with Crippen molar-refractivity contribution in [2.24, 2.45) is 5.92 Å². The Kier molecular flexibility index (Phi) is 3.54. The molecule has 1 heterocycles. The Morgan fingerprint density at radius 2 is 2.15 bits per heavy atom. The molecule has 20 heavy (non-hydrogen) atoms. The van der Waals surface area contributed by atoms with Gasteiger partial charge in [-0.25, -0.2) is 4.98 Å². The van der Waals surface area contributed by atoms with Gasteiger partial charge in [0.15, 0.2) is 0 Å². The fourth-order valence-corrected chi connectivity index (χ4v) is 2.29. The van der Waals surface area contributed by atoms with Crippen molar-refractivity contribution in [3.63, 3.8) is 0 Å². The molecule has 1 aromatic heterocycles. The molecule has 1 aliphatic rings. The average molecular weight is 270 g/mol. The van der Waals surface area contributed by atoms with Crippen molar-refractivity contribution in [1.82, 2.24) is 10.3 Å². The summed E-state index contributed by atoms with van der Waals surface area (Å²) in [6.07, 6.45) is 4.28. The van der Waals surface area contributed by atoms with Crippen molar-refractivity contribution in [1.29, 1.82) is 0 Å². The molecule has 0 bridgehead atoms. The zero-order chi connectivity index (χ0) is 13.9. The third-order valence-corrected chi connectivity index (χ3v) is 3.63. The van der Waals surface area contributed by atoms with E-state index in [4.69, 9.17) is 4.42 Å². The van der Waals surface area contributed by atoms with Crippen molar-refractivity contribution >= 4 is 5.91 Å². The van der Waals surface area contributed by atoms with E-state index in [2.05, 4.69) is 17.2 Å². The fraction of sp³-hybridized carbons (Fsp3) is 0.375. The molecule has 4 nitrogen and oxygen atoms in total. The van der Waals surface area contributed by atoms with Gasteiger partial charge in [-0.2, -0.15) is 0 Å². The van der Waals surface area contributed by atoms with E-state index < -0.39 is 0 Å². The fourth-order valence-electron chi connectivity index (χ4n) is 2.29. The monoisotopic (exact) mass is 270 g/mol. The zero-order valence-corrected chi connectivity index (χ0v) is 11.5. The minimum Gasteiger partial charge on any atom is -0.444 e. The highest BCUT2D eigenvalue weighted by Crippen LogP contribution is 2.32. The summed E-state index contributed by atoms with van der Waals surface area (Å²) in [5, 5.41) is 3.02. The molecule has 1 aromatic carbocycles. The van der Waals surface area contributed by atoms with Gasteiger partial charge < -0.3 is 9.73 Å². The summed E-state index contributed by atoms with van der Waals surface area (Å²) in [6, 6.07) is 9.95. The molecule has 1 fully saturated rings. The maximum absolute atomic E-state index is 11.9. The van der Waals surface area contributed by atoms with Gasteiger partial charge in [-0.05, 0) is 37.8 Å². The molecule has 1 unspecified atom stereocenters. The van der Waals surface area contributed by atoms with Crippen LogP contribution in [-0.4, -0.2) is 16.9 Å². The number of benzene rings is 1. The molecule has 1 atom stereocenters. The predicted octanol–water partition coefficient (Wildman–Crippen LogP) is 2.80. The normalized spacial score (nSPS) is 15.8. The lowest BCUT2D eigenvalue weighted by Gasteiger charge is -2.11. The van der Waals surface area contributed by atoms with Gasteiger partial charge in [0.25, 0.3) is 0 Å². The summed E-state index contributed by atoms with van der Waals surface area (Å²) >= 11 is 0. The smallest absolute Gasteiger partial charge is 0.226 e. The predicted molar refractivity (Wildman–Crippen MR) is 76.0 cm³/mol. The van der Waals surface area contributed by atoms with Crippen LogP contribution < -0.4 is 5.32 Å². The SMILES string of the molecule is CC(NC(=O)Cc1coc(-c2ccccc2)n1)C1CC1. The second-order valence-electron chi connectivity index (χ2n) is 5.38. The molecule has 4 heteroatoms. The number of nitrogens with one attached hydrogen (secondary N) is 1. The maximum atomic E-state index is 11.9. The van der Waals surface area contributed by atoms with Crippen molar-refractivity contribution in [3.8, 4) is 11.5 Å². The summed E-state index contributed by atoms with van der Waals surface area (Å²) in [5.41, 5.74) is 1.59. The van der Waals surface area contributed by atoms with Crippen LogP contribution in [0.3, 0.4) is 0 Å². The van der Waals surface area contributed by atoms with Crippen molar-refractivity contribution in [2.45, 2.75) is 32.2 Å². The third-order valence-electron chi connectivity index (χ3n) is 3.63. The zero-order valence-electron chi connectivity index (χ0n) is 11.5. The van der Waals surface area contributed by atoms with Crippen LogP contribution in [0.4, 0.5) is 0 Å². The highest BCUT2D eigenvalue weighted by Gasteiger charge is 2.28. The number of aromatic nitrogens is 1. The van der Waals surface area contributed by atoms with Gasteiger partial charge in [-0.1, -0.05) is 18.2 Å². The first kappa shape index (κ1) is 12.9. The van der Waals surface area contributed by atoms with Crippen LogP contribution >= 0.6 is 0 Å². The molecule has 0 radical (unpaired) electrons.